The molecule has 0 spiro atoms. The fraction of sp³-hybridized carbons (Fsp3) is 0.200. The van der Waals surface area contributed by atoms with E-state index in [1.807, 2.05) is 6.07 Å². The largest absolute Gasteiger partial charge is 0.397 e. The van der Waals surface area contributed by atoms with E-state index in [9.17, 15) is 0 Å². The normalized spacial score (nSPS) is 10.6. The average Bonchev–Trinajstić information content (AvgIpc) is 2.22. The van der Waals surface area contributed by atoms with Gasteiger partial charge < -0.3 is 5.73 Å². The Morgan fingerprint density at radius 1 is 0.824 bits per heavy atom. The highest BCUT2D eigenvalue weighted by Gasteiger charge is 2.07. The molecule has 0 aromatic heterocycles. The van der Waals surface area contributed by atoms with Crippen LogP contribution >= 0.6 is 15.9 Å². The van der Waals surface area contributed by atoms with E-state index in [4.69, 9.17) is 5.73 Å². The Labute approximate surface area is 111 Å². The molecule has 17 heavy (non-hydrogen) atoms. The third-order valence-electron chi connectivity index (χ3n) is 2.81. The summed E-state index contributed by atoms with van der Waals surface area (Å²) in [5, 5.41) is 0. The Kier molecular flexibility index (Phi) is 3.25. The van der Waals surface area contributed by atoms with Crippen LogP contribution in [-0.4, -0.2) is 0 Å². The van der Waals surface area contributed by atoms with E-state index in [0.29, 0.717) is 0 Å². The van der Waals surface area contributed by atoms with Gasteiger partial charge in [0.15, 0.2) is 0 Å². The molecule has 0 aliphatic carbocycles. The van der Waals surface area contributed by atoms with Gasteiger partial charge in [-0.25, -0.2) is 0 Å². The summed E-state index contributed by atoms with van der Waals surface area (Å²) in [5.74, 6) is 0. The molecule has 0 unspecified atom stereocenters. The van der Waals surface area contributed by atoms with Gasteiger partial charge in [-0.05, 0) is 60.0 Å². The summed E-state index contributed by atoms with van der Waals surface area (Å²) < 4.78 is 0.964. The van der Waals surface area contributed by atoms with Gasteiger partial charge in [0.1, 0.15) is 0 Å². The van der Waals surface area contributed by atoms with Crippen molar-refractivity contribution in [1.29, 1.82) is 0 Å². The number of anilines is 1. The molecular weight excluding hydrogens is 274 g/mol. The summed E-state index contributed by atoms with van der Waals surface area (Å²) in [4.78, 5) is 0. The Hall–Kier alpha value is -1.28. The first-order valence-corrected chi connectivity index (χ1v) is 6.41. The number of rotatable bonds is 1. The van der Waals surface area contributed by atoms with Crippen LogP contribution < -0.4 is 5.73 Å². The molecule has 0 atom stereocenters. The van der Waals surface area contributed by atoms with Crippen molar-refractivity contribution in [3.8, 4) is 11.1 Å². The minimum absolute atomic E-state index is 0.806. The molecule has 0 aliphatic heterocycles. The number of halogens is 1. The zero-order valence-corrected chi connectivity index (χ0v) is 11.9. The van der Waals surface area contributed by atoms with Gasteiger partial charge in [-0.3, -0.25) is 0 Å². The average molecular weight is 290 g/mol. The molecule has 0 fully saturated rings. The Morgan fingerprint density at radius 2 is 1.35 bits per heavy atom. The molecule has 2 aromatic carbocycles. The van der Waals surface area contributed by atoms with E-state index < -0.39 is 0 Å². The molecule has 2 N–H and O–H groups in total. The summed E-state index contributed by atoms with van der Waals surface area (Å²) in [6.45, 7) is 6.30. The van der Waals surface area contributed by atoms with E-state index in [0.717, 1.165) is 15.7 Å². The van der Waals surface area contributed by atoms with Crippen molar-refractivity contribution in [3.05, 3.63) is 51.5 Å². The Bertz CT molecular complexity index is 553. The first-order chi connectivity index (χ1) is 7.97. The Balaban J connectivity index is 2.67. The maximum atomic E-state index is 6.14. The highest BCUT2D eigenvalue weighted by Crippen LogP contribution is 2.34. The number of aryl methyl sites for hydroxylation is 3. The van der Waals surface area contributed by atoms with Gasteiger partial charge in [0, 0.05) is 10.0 Å². The van der Waals surface area contributed by atoms with Crippen molar-refractivity contribution in [1.82, 2.24) is 0 Å². The van der Waals surface area contributed by atoms with Crippen LogP contribution in [0.1, 0.15) is 16.7 Å². The molecule has 0 saturated heterocycles. The highest BCUT2D eigenvalue weighted by atomic mass is 79.9. The summed E-state index contributed by atoms with van der Waals surface area (Å²) >= 11 is 3.51. The summed E-state index contributed by atoms with van der Waals surface area (Å²) in [6.07, 6.45) is 0. The van der Waals surface area contributed by atoms with Crippen LogP contribution in [0.15, 0.2) is 34.8 Å². The van der Waals surface area contributed by atoms with E-state index in [-0.39, 0.29) is 0 Å². The second-order valence-electron chi connectivity index (χ2n) is 4.58. The van der Waals surface area contributed by atoms with Crippen LogP contribution in [0.25, 0.3) is 11.1 Å². The van der Waals surface area contributed by atoms with Crippen molar-refractivity contribution < 1.29 is 0 Å². The molecule has 2 aromatic rings. The van der Waals surface area contributed by atoms with Gasteiger partial charge in [0.25, 0.3) is 0 Å². The maximum absolute atomic E-state index is 6.14. The fourth-order valence-corrected chi connectivity index (χ4v) is 2.70. The van der Waals surface area contributed by atoms with Gasteiger partial charge >= 0.3 is 0 Å². The summed E-state index contributed by atoms with van der Waals surface area (Å²) in [7, 11) is 0. The topological polar surface area (TPSA) is 26.0 Å². The van der Waals surface area contributed by atoms with Crippen molar-refractivity contribution in [2.24, 2.45) is 0 Å². The van der Waals surface area contributed by atoms with Crippen LogP contribution in [0.5, 0.6) is 0 Å². The SMILES string of the molecule is Cc1cc(C)cc(-c2cc(C)cc(Br)c2N)c1. The standard InChI is InChI=1S/C15H16BrN/c1-9-4-10(2)6-12(5-9)13-7-11(3)8-14(16)15(13)17/h4-8H,17H2,1-3H3. The van der Waals surface area contributed by atoms with Gasteiger partial charge in [0.2, 0.25) is 0 Å². The lowest BCUT2D eigenvalue weighted by atomic mass is 9.98. The van der Waals surface area contributed by atoms with E-state index in [2.05, 4.69) is 61.0 Å². The molecule has 0 heterocycles. The van der Waals surface area contributed by atoms with E-state index >= 15 is 0 Å². The molecule has 2 heteroatoms. The van der Waals surface area contributed by atoms with Crippen molar-refractivity contribution in [2.75, 3.05) is 5.73 Å². The molecule has 0 saturated carbocycles. The molecule has 0 bridgehead atoms. The molecular formula is C15H16BrN. The lowest BCUT2D eigenvalue weighted by Gasteiger charge is -2.11. The third-order valence-corrected chi connectivity index (χ3v) is 3.46. The van der Waals surface area contributed by atoms with Crippen LogP contribution in [-0.2, 0) is 0 Å². The molecule has 1 nitrogen and oxygen atoms in total. The van der Waals surface area contributed by atoms with Crippen LogP contribution in [0.4, 0.5) is 5.69 Å². The quantitative estimate of drug-likeness (QED) is 0.762. The number of nitrogen functional groups attached to an aromatic ring is 1. The van der Waals surface area contributed by atoms with Crippen LogP contribution in [0.3, 0.4) is 0 Å². The van der Waals surface area contributed by atoms with Gasteiger partial charge in [-0.2, -0.15) is 0 Å². The molecule has 88 valence electrons. The van der Waals surface area contributed by atoms with Gasteiger partial charge in [-0.15, -0.1) is 0 Å². The first kappa shape index (κ1) is 12.2. The fourth-order valence-electron chi connectivity index (χ4n) is 2.12. The number of hydrogen-bond acceptors (Lipinski definition) is 1. The Morgan fingerprint density at radius 3 is 1.94 bits per heavy atom. The van der Waals surface area contributed by atoms with Crippen LogP contribution in [0, 0.1) is 20.8 Å². The highest BCUT2D eigenvalue weighted by molar-refractivity contribution is 9.10. The lowest BCUT2D eigenvalue weighted by molar-refractivity contribution is 1.37. The lowest BCUT2D eigenvalue weighted by Crippen LogP contribution is -1.93. The predicted molar refractivity (Wildman–Crippen MR) is 78.2 cm³/mol. The minimum Gasteiger partial charge on any atom is -0.397 e. The predicted octanol–water partition coefficient (Wildman–Crippen LogP) is 4.62. The number of benzene rings is 2. The van der Waals surface area contributed by atoms with E-state index in [1.54, 1.807) is 0 Å². The smallest absolute Gasteiger partial charge is 0.0538 e. The summed E-state index contributed by atoms with van der Waals surface area (Å²) in [5.41, 5.74) is 13.0. The second kappa shape index (κ2) is 4.53. The monoisotopic (exact) mass is 289 g/mol. The number of hydrogen-bond donors (Lipinski definition) is 1. The zero-order chi connectivity index (χ0) is 12.6. The minimum atomic E-state index is 0.806. The van der Waals surface area contributed by atoms with Crippen molar-refractivity contribution in [2.45, 2.75) is 20.8 Å². The van der Waals surface area contributed by atoms with E-state index in [1.165, 1.54) is 22.3 Å². The summed E-state index contributed by atoms with van der Waals surface area (Å²) in [6, 6.07) is 10.7. The maximum Gasteiger partial charge on any atom is 0.0538 e. The molecule has 2 rings (SSSR count). The number of nitrogens with two attached hydrogens (primary N) is 1. The van der Waals surface area contributed by atoms with Crippen molar-refractivity contribution >= 4 is 21.6 Å². The van der Waals surface area contributed by atoms with Crippen molar-refractivity contribution in [3.63, 3.8) is 0 Å². The van der Waals surface area contributed by atoms with Crippen LogP contribution in [0.2, 0.25) is 0 Å². The van der Waals surface area contributed by atoms with Gasteiger partial charge in [-0.1, -0.05) is 29.3 Å². The molecule has 0 radical (unpaired) electrons. The molecule has 0 amide bonds. The van der Waals surface area contributed by atoms with Gasteiger partial charge in [0.05, 0.1) is 5.69 Å². The zero-order valence-electron chi connectivity index (χ0n) is 10.3. The second-order valence-corrected chi connectivity index (χ2v) is 5.44. The first-order valence-electron chi connectivity index (χ1n) is 5.61. The third kappa shape index (κ3) is 2.52. The molecule has 0 aliphatic rings.